The molecular weight excluding hydrogens is 316 g/mol. The maximum absolute atomic E-state index is 12.3. The third kappa shape index (κ3) is 6.64. The van der Waals surface area contributed by atoms with Crippen LogP contribution in [0.2, 0.25) is 0 Å². The number of nitrogens with one attached hydrogen (secondary N) is 1. The van der Waals surface area contributed by atoms with Crippen molar-refractivity contribution < 1.29 is 29.0 Å². The van der Waals surface area contributed by atoms with E-state index in [1.807, 2.05) is 0 Å². The molecule has 0 aromatic rings. The van der Waals surface area contributed by atoms with E-state index >= 15 is 0 Å². The Morgan fingerprint density at radius 2 is 1.58 bits per heavy atom. The third-order valence-corrected chi connectivity index (χ3v) is 3.26. The Labute approximate surface area is 142 Å². The van der Waals surface area contributed by atoms with Gasteiger partial charge in [0, 0.05) is 6.54 Å². The van der Waals surface area contributed by atoms with E-state index in [0.29, 0.717) is 6.42 Å². The first kappa shape index (κ1) is 20.1. The second-order valence-corrected chi connectivity index (χ2v) is 7.90. The summed E-state index contributed by atoms with van der Waals surface area (Å²) >= 11 is 0. The molecule has 0 unspecified atom stereocenters. The van der Waals surface area contributed by atoms with Gasteiger partial charge in [0.1, 0.15) is 17.4 Å². The van der Waals surface area contributed by atoms with Gasteiger partial charge in [0.2, 0.25) is 0 Å². The molecule has 1 aliphatic heterocycles. The van der Waals surface area contributed by atoms with Crippen LogP contribution in [0.4, 0.5) is 9.59 Å². The van der Waals surface area contributed by atoms with E-state index in [4.69, 9.17) is 9.47 Å². The Balaban J connectivity index is 2.85. The van der Waals surface area contributed by atoms with Gasteiger partial charge >= 0.3 is 18.2 Å². The summed E-state index contributed by atoms with van der Waals surface area (Å²) in [6.07, 6.45) is -1.67. The Kier molecular flexibility index (Phi) is 6.08. The Hall–Kier alpha value is -1.99. The second kappa shape index (κ2) is 7.27. The minimum Gasteiger partial charge on any atom is -0.481 e. The lowest BCUT2D eigenvalue weighted by Gasteiger charge is -2.39. The smallest absolute Gasteiger partial charge is 0.411 e. The van der Waals surface area contributed by atoms with Gasteiger partial charge in [-0.15, -0.1) is 0 Å². The fourth-order valence-electron chi connectivity index (χ4n) is 2.31. The van der Waals surface area contributed by atoms with Gasteiger partial charge in [-0.2, -0.15) is 0 Å². The molecule has 2 atom stereocenters. The molecule has 0 aromatic heterocycles. The maximum atomic E-state index is 12.3. The van der Waals surface area contributed by atoms with Crippen molar-refractivity contribution >= 4 is 18.2 Å². The number of carbonyl (C=O) groups is 3. The lowest BCUT2D eigenvalue weighted by atomic mass is 9.95. The molecule has 0 spiro atoms. The molecule has 1 rings (SSSR count). The zero-order valence-electron chi connectivity index (χ0n) is 15.2. The van der Waals surface area contributed by atoms with Gasteiger partial charge in [-0.25, -0.2) is 9.59 Å². The number of likely N-dealkylation sites (tertiary alicyclic amines) is 1. The third-order valence-electron chi connectivity index (χ3n) is 3.26. The first-order valence-electron chi connectivity index (χ1n) is 8.00. The highest BCUT2D eigenvalue weighted by Gasteiger charge is 2.38. The number of rotatable bonds is 2. The van der Waals surface area contributed by atoms with E-state index in [0.717, 1.165) is 0 Å². The number of nitrogens with zero attached hydrogens (tertiary/aromatic N) is 1. The van der Waals surface area contributed by atoms with Crippen LogP contribution >= 0.6 is 0 Å². The number of aliphatic carboxylic acids is 1. The summed E-state index contributed by atoms with van der Waals surface area (Å²) < 4.78 is 10.5. The van der Waals surface area contributed by atoms with Crippen molar-refractivity contribution in [3.63, 3.8) is 0 Å². The van der Waals surface area contributed by atoms with Crippen molar-refractivity contribution in [2.75, 3.05) is 6.54 Å². The van der Waals surface area contributed by atoms with Crippen molar-refractivity contribution in [3.05, 3.63) is 0 Å². The van der Waals surface area contributed by atoms with E-state index in [1.165, 1.54) is 4.90 Å². The van der Waals surface area contributed by atoms with E-state index in [2.05, 4.69) is 5.32 Å². The van der Waals surface area contributed by atoms with Gasteiger partial charge in [0.15, 0.2) is 0 Å². The summed E-state index contributed by atoms with van der Waals surface area (Å²) in [5.74, 6) is -1.58. The first-order chi connectivity index (χ1) is 10.8. The van der Waals surface area contributed by atoms with Crippen LogP contribution in [0.15, 0.2) is 0 Å². The van der Waals surface area contributed by atoms with Crippen molar-refractivity contribution in [3.8, 4) is 0 Å². The van der Waals surface area contributed by atoms with Crippen molar-refractivity contribution in [2.45, 2.75) is 71.8 Å². The predicted octanol–water partition coefficient (Wildman–Crippen LogP) is 2.57. The van der Waals surface area contributed by atoms with Gasteiger partial charge in [-0.05, 0) is 54.4 Å². The summed E-state index contributed by atoms with van der Waals surface area (Å²) in [4.78, 5) is 36.9. The molecule has 138 valence electrons. The molecule has 2 N–H and O–H groups in total. The largest absolute Gasteiger partial charge is 0.481 e. The molecule has 1 heterocycles. The molecule has 24 heavy (non-hydrogen) atoms. The average Bonchev–Trinajstić information content (AvgIpc) is 2.33. The minimum absolute atomic E-state index is 0.105. The molecule has 1 aliphatic rings. The van der Waals surface area contributed by atoms with E-state index in [-0.39, 0.29) is 13.0 Å². The van der Waals surface area contributed by atoms with Crippen LogP contribution in [0.1, 0.15) is 54.4 Å². The molecule has 0 saturated carbocycles. The molecule has 0 radical (unpaired) electrons. The SMILES string of the molecule is CC(C)(C)OC(=O)N[C@H]1C[C@@H](C(=O)O)CCN1C(=O)OC(C)(C)C. The number of carboxylic acids is 1. The summed E-state index contributed by atoms with van der Waals surface area (Å²) in [5, 5.41) is 11.8. The van der Waals surface area contributed by atoms with Crippen LogP contribution in [-0.4, -0.2) is 52.1 Å². The highest BCUT2D eigenvalue weighted by Crippen LogP contribution is 2.24. The summed E-state index contributed by atoms with van der Waals surface area (Å²) in [6, 6.07) is 0. The minimum atomic E-state index is -0.949. The highest BCUT2D eigenvalue weighted by atomic mass is 16.6. The molecule has 0 bridgehead atoms. The topological polar surface area (TPSA) is 105 Å². The number of hydrogen-bond acceptors (Lipinski definition) is 5. The highest BCUT2D eigenvalue weighted by molar-refractivity contribution is 5.74. The number of hydrogen-bond donors (Lipinski definition) is 2. The Morgan fingerprint density at radius 1 is 1.04 bits per heavy atom. The molecule has 2 amide bonds. The normalized spacial score (nSPS) is 21.8. The molecule has 0 aliphatic carbocycles. The summed E-state index contributed by atoms with van der Waals surface area (Å²) in [7, 11) is 0. The number of piperidine rings is 1. The fraction of sp³-hybridized carbons (Fsp3) is 0.812. The Bertz CT molecular complexity index is 492. The quantitative estimate of drug-likeness (QED) is 0.797. The van der Waals surface area contributed by atoms with Crippen molar-refractivity contribution in [1.29, 1.82) is 0 Å². The van der Waals surface area contributed by atoms with Gasteiger partial charge < -0.3 is 19.9 Å². The van der Waals surface area contributed by atoms with Crippen LogP contribution in [0.25, 0.3) is 0 Å². The maximum Gasteiger partial charge on any atom is 0.411 e. The van der Waals surface area contributed by atoms with Crippen molar-refractivity contribution in [1.82, 2.24) is 10.2 Å². The Morgan fingerprint density at radius 3 is 2.04 bits per heavy atom. The summed E-state index contributed by atoms with van der Waals surface area (Å²) in [6.45, 7) is 10.6. The molecule has 1 fully saturated rings. The molecule has 0 aromatic carbocycles. The second-order valence-electron chi connectivity index (χ2n) is 7.90. The zero-order valence-corrected chi connectivity index (χ0v) is 15.2. The molecule has 8 heteroatoms. The number of alkyl carbamates (subject to hydrolysis) is 1. The van der Waals surface area contributed by atoms with E-state index < -0.39 is 41.4 Å². The number of amides is 2. The number of carbonyl (C=O) groups excluding carboxylic acids is 2. The molecular formula is C16H28N2O6. The van der Waals surface area contributed by atoms with E-state index in [1.54, 1.807) is 41.5 Å². The fourth-order valence-corrected chi connectivity index (χ4v) is 2.31. The van der Waals surface area contributed by atoms with E-state index in [9.17, 15) is 19.5 Å². The predicted molar refractivity (Wildman–Crippen MR) is 86.5 cm³/mol. The molecule has 1 saturated heterocycles. The van der Waals surface area contributed by atoms with Crippen LogP contribution in [0.5, 0.6) is 0 Å². The standard InChI is InChI=1S/C16H28N2O6/c1-15(2,3)23-13(21)17-11-9-10(12(19)20)7-8-18(11)14(22)24-16(4,5)6/h10-11H,7-9H2,1-6H3,(H,17,21)(H,19,20)/t10-,11+/m0/s1. The number of ether oxygens (including phenoxy) is 2. The number of carboxylic acid groups (broad SMARTS) is 1. The summed E-state index contributed by atoms with van der Waals surface area (Å²) in [5.41, 5.74) is -1.38. The zero-order chi connectivity index (χ0) is 18.7. The van der Waals surface area contributed by atoms with Gasteiger partial charge in [0.05, 0.1) is 5.92 Å². The van der Waals surface area contributed by atoms with Gasteiger partial charge in [-0.3, -0.25) is 9.69 Å². The van der Waals surface area contributed by atoms with Crippen LogP contribution in [0, 0.1) is 5.92 Å². The average molecular weight is 344 g/mol. The monoisotopic (exact) mass is 344 g/mol. The first-order valence-corrected chi connectivity index (χ1v) is 8.00. The van der Waals surface area contributed by atoms with Crippen LogP contribution in [-0.2, 0) is 14.3 Å². The lowest BCUT2D eigenvalue weighted by molar-refractivity contribution is -0.144. The van der Waals surface area contributed by atoms with Gasteiger partial charge in [0.25, 0.3) is 0 Å². The van der Waals surface area contributed by atoms with Crippen molar-refractivity contribution in [2.24, 2.45) is 5.92 Å². The van der Waals surface area contributed by atoms with Gasteiger partial charge in [-0.1, -0.05) is 0 Å². The molecule has 8 nitrogen and oxygen atoms in total. The lowest BCUT2D eigenvalue weighted by Crippen LogP contribution is -2.57. The van der Waals surface area contributed by atoms with Crippen LogP contribution < -0.4 is 5.32 Å². The van der Waals surface area contributed by atoms with Crippen LogP contribution in [0.3, 0.4) is 0 Å².